The summed E-state index contributed by atoms with van der Waals surface area (Å²) in [5.41, 5.74) is 2.46. The van der Waals surface area contributed by atoms with E-state index in [0.29, 0.717) is 26.8 Å². The molecule has 3 aromatic rings. The maximum Gasteiger partial charge on any atom is 0.423 e. The summed E-state index contributed by atoms with van der Waals surface area (Å²) < 4.78 is 21.5. The molecule has 15 heteroatoms. The van der Waals surface area contributed by atoms with E-state index in [4.69, 9.17) is 42.1 Å². The average Bonchev–Trinajstić information content (AvgIpc) is 3.52. The van der Waals surface area contributed by atoms with E-state index >= 15 is 4.79 Å². The number of carbonyl (C=O) groups excluding carboxylic acids is 5. The molecule has 0 unspecified atom stereocenters. The largest absolute Gasteiger partial charge is 0.507 e. The quantitative estimate of drug-likeness (QED) is 0.233. The molecule has 7 rings (SSSR count). The number of phenols is 1. The molecule has 2 N–H and O–H groups in total. The van der Waals surface area contributed by atoms with Gasteiger partial charge < -0.3 is 24.1 Å². The van der Waals surface area contributed by atoms with Gasteiger partial charge >= 0.3 is 6.09 Å². The van der Waals surface area contributed by atoms with Gasteiger partial charge in [0.1, 0.15) is 23.0 Å². The van der Waals surface area contributed by atoms with E-state index in [-0.39, 0.29) is 46.4 Å². The monoisotopic (exact) mass is 749 g/mol. The second-order valence-corrected chi connectivity index (χ2v) is 13.8. The van der Waals surface area contributed by atoms with Crippen LogP contribution in [0.25, 0.3) is 0 Å². The van der Waals surface area contributed by atoms with Crippen molar-refractivity contribution in [2.24, 2.45) is 23.7 Å². The summed E-state index contributed by atoms with van der Waals surface area (Å²) in [7, 11) is 5.39. The SMILES string of the molecule is COC(=O)N1C(=O)[C@H]2[C@H](CC=C3[C@H]2C[C@H]2C(=O)N(Nc4ccc(Cl)cc4Cl)C(=O)[C@@]2(c2ccc(OC)cc2)[C@H]3c2c(O)cc(OC)cc2OC)C1=O. The summed E-state index contributed by atoms with van der Waals surface area (Å²) in [6.45, 7) is 0. The molecule has 0 spiro atoms. The molecule has 1 saturated carbocycles. The highest BCUT2D eigenvalue weighted by Crippen LogP contribution is 2.66. The first-order chi connectivity index (χ1) is 24.9. The lowest BCUT2D eigenvalue weighted by molar-refractivity contribution is -0.140. The van der Waals surface area contributed by atoms with E-state index in [1.165, 1.54) is 39.5 Å². The number of likely N-dealkylation sites (tertiary alicyclic amines) is 1. The predicted octanol–water partition coefficient (Wildman–Crippen LogP) is 5.48. The molecule has 2 aliphatic carbocycles. The Balaban J connectivity index is 1.51. The fourth-order valence-electron chi connectivity index (χ4n) is 8.59. The van der Waals surface area contributed by atoms with Crippen LogP contribution in [0.1, 0.15) is 29.9 Å². The zero-order chi connectivity index (χ0) is 37.2. The number of imide groups is 4. The van der Waals surface area contributed by atoms with Gasteiger partial charge in [0.05, 0.1) is 62.3 Å². The van der Waals surface area contributed by atoms with Crippen molar-refractivity contribution in [3.8, 4) is 23.0 Å². The van der Waals surface area contributed by atoms with Crippen LogP contribution in [-0.2, 0) is 29.3 Å². The number of aromatic hydroxyl groups is 1. The molecule has 13 nitrogen and oxygen atoms in total. The van der Waals surface area contributed by atoms with E-state index in [1.54, 1.807) is 42.5 Å². The maximum absolute atomic E-state index is 15.4. The highest BCUT2D eigenvalue weighted by Gasteiger charge is 2.71. The molecule has 5 amide bonds. The molecule has 0 aromatic heterocycles. The molecule has 4 aliphatic rings. The molecule has 3 aromatic carbocycles. The van der Waals surface area contributed by atoms with Crippen LogP contribution in [0, 0.1) is 23.7 Å². The summed E-state index contributed by atoms with van der Waals surface area (Å²) in [6, 6.07) is 14.2. The number of phenolic OH excluding ortho intramolecular Hbond substituents is 1. The van der Waals surface area contributed by atoms with Gasteiger partial charge in [0.2, 0.25) is 11.8 Å². The van der Waals surface area contributed by atoms with Gasteiger partial charge in [0.25, 0.3) is 11.8 Å². The molecule has 2 aliphatic heterocycles. The number of methoxy groups -OCH3 is 4. The first kappa shape index (κ1) is 35.1. The minimum Gasteiger partial charge on any atom is -0.507 e. The zero-order valence-corrected chi connectivity index (χ0v) is 29.9. The lowest BCUT2D eigenvalue weighted by Gasteiger charge is -2.50. The summed E-state index contributed by atoms with van der Waals surface area (Å²) in [5, 5.41) is 13.2. The normalized spacial score (nSPS) is 26.3. The van der Waals surface area contributed by atoms with Crippen LogP contribution < -0.4 is 19.6 Å². The van der Waals surface area contributed by atoms with Crippen molar-refractivity contribution in [1.29, 1.82) is 0 Å². The number of anilines is 1. The number of carbonyl (C=O) groups is 5. The number of rotatable bonds is 7. The molecular weight excluding hydrogens is 717 g/mol. The van der Waals surface area contributed by atoms with Gasteiger partial charge in [0.15, 0.2) is 0 Å². The van der Waals surface area contributed by atoms with Crippen LogP contribution in [0.4, 0.5) is 10.5 Å². The van der Waals surface area contributed by atoms with Crippen LogP contribution in [-0.4, -0.2) is 73.2 Å². The van der Waals surface area contributed by atoms with Crippen LogP contribution >= 0.6 is 23.2 Å². The fourth-order valence-corrected chi connectivity index (χ4v) is 9.04. The summed E-state index contributed by atoms with van der Waals surface area (Å²) in [6.07, 6.45) is 0.636. The highest BCUT2D eigenvalue weighted by molar-refractivity contribution is 6.36. The van der Waals surface area contributed by atoms with Gasteiger partial charge in [-0.3, -0.25) is 24.6 Å². The van der Waals surface area contributed by atoms with Gasteiger partial charge in [0, 0.05) is 28.6 Å². The first-order valence-electron chi connectivity index (χ1n) is 16.3. The Morgan fingerprint density at radius 3 is 2.21 bits per heavy atom. The topological polar surface area (TPSA) is 161 Å². The van der Waals surface area contributed by atoms with Gasteiger partial charge in [-0.2, -0.15) is 9.91 Å². The van der Waals surface area contributed by atoms with E-state index in [1.807, 2.05) is 0 Å². The van der Waals surface area contributed by atoms with Gasteiger partial charge in [-0.25, -0.2) is 4.79 Å². The van der Waals surface area contributed by atoms with Crippen LogP contribution in [0.5, 0.6) is 23.0 Å². The number of allylic oxidation sites excluding steroid dienone is 2. The third-order valence-corrected chi connectivity index (χ3v) is 11.3. The van der Waals surface area contributed by atoms with E-state index < -0.39 is 64.7 Å². The zero-order valence-electron chi connectivity index (χ0n) is 28.3. The summed E-state index contributed by atoms with van der Waals surface area (Å²) >= 11 is 12.6. The number of hydrogen-bond donors (Lipinski definition) is 2. The van der Waals surface area contributed by atoms with Gasteiger partial charge in [-0.05, 0) is 54.7 Å². The maximum atomic E-state index is 15.4. The number of ether oxygens (including phenoxy) is 4. The van der Waals surface area contributed by atoms with Gasteiger partial charge in [-0.15, -0.1) is 0 Å². The lowest BCUT2D eigenvalue weighted by atomic mass is 9.49. The van der Waals surface area contributed by atoms with Crippen molar-refractivity contribution in [2.45, 2.75) is 24.2 Å². The van der Waals surface area contributed by atoms with Gasteiger partial charge in [-0.1, -0.05) is 47.0 Å². The minimum atomic E-state index is -1.77. The molecule has 6 atom stereocenters. The van der Waals surface area contributed by atoms with E-state index in [0.717, 1.165) is 12.1 Å². The average molecular weight is 751 g/mol. The Kier molecular flexibility index (Phi) is 8.82. The number of nitrogens with zero attached hydrogens (tertiary/aromatic N) is 2. The number of benzene rings is 3. The smallest absolute Gasteiger partial charge is 0.423 e. The van der Waals surface area contributed by atoms with E-state index in [2.05, 4.69) is 5.43 Å². The minimum absolute atomic E-state index is 0.0398. The third kappa shape index (κ3) is 5.01. The Hall–Kier alpha value is -5.27. The first-order valence-corrected chi connectivity index (χ1v) is 17.0. The summed E-state index contributed by atoms with van der Waals surface area (Å²) in [5.74, 6) is -7.33. The molecule has 270 valence electrons. The van der Waals surface area contributed by atoms with Crippen LogP contribution in [0.3, 0.4) is 0 Å². The Bertz CT molecular complexity index is 2070. The molecule has 0 bridgehead atoms. The number of hydrazine groups is 1. The van der Waals surface area contributed by atoms with Crippen LogP contribution in [0.2, 0.25) is 10.0 Å². The summed E-state index contributed by atoms with van der Waals surface area (Å²) in [4.78, 5) is 71.0. The number of amides is 5. The molecule has 2 saturated heterocycles. The number of halogens is 2. The fraction of sp³-hybridized carbons (Fsp3) is 0.324. The molecular formula is C37H33Cl2N3O10. The second kappa shape index (κ2) is 13.1. The molecule has 2 heterocycles. The van der Waals surface area contributed by atoms with Crippen molar-refractivity contribution in [2.75, 3.05) is 33.9 Å². The number of fused-ring (bicyclic) bond motifs is 4. The van der Waals surface area contributed by atoms with Crippen molar-refractivity contribution in [1.82, 2.24) is 9.91 Å². The molecule has 0 radical (unpaired) electrons. The van der Waals surface area contributed by atoms with Crippen molar-refractivity contribution < 1.29 is 48.0 Å². The van der Waals surface area contributed by atoms with Crippen molar-refractivity contribution in [3.05, 3.63) is 87.4 Å². The molecule has 3 fully saturated rings. The number of nitrogens with one attached hydrogen (secondary N) is 1. The highest BCUT2D eigenvalue weighted by atomic mass is 35.5. The number of hydrogen-bond acceptors (Lipinski definition) is 11. The standard InChI is InChI=1S/C37H33Cl2N3O10/c1-49-19-8-5-17(6-9-19)37-24(33(45)42(35(37)47)40-26-12-7-18(38)13-25(26)39)16-23-21(31(37)30-27(43)14-20(50-2)15-28(30)51-3)10-11-22-29(23)34(46)41(32(22)44)36(48)52-4/h5-10,12-15,22-24,29,31,40,43H,11,16H2,1-4H3/t22-,23+,24-,29-,31+,37+/m0/s1. The Morgan fingerprint density at radius 1 is 0.865 bits per heavy atom. The van der Waals surface area contributed by atoms with Crippen molar-refractivity contribution in [3.63, 3.8) is 0 Å². The predicted molar refractivity (Wildman–Crippen MR) is 186 cm³/mol. The van der Waals surface area contributed by atoms with E-state index in [9.17, 15) is 24.3 Å². The van der Waals surface area contributed by atoms with Crippen LogP contribution in [0.15, 0.2) is 66.2 Å². The molecule has 52 heavy (non-hydrogen) atoms. The Labute approximate surface area is 307 Å². The second-order valence-electron chi connectivity index (χ2n) is 13.0. The lowest BCUT2D eigenvalue weighted by Crippen LogP contribution is -2.53. The Morgan fingerprint density at radius 2 is 1.58 bits per heavy atom. The third-order valence-electron chi connectivity index (χ3n) is 10.8. The van der Waals surface area contributed by atoms with Crippen molar-refractivity contribution >= 4 is 58.6 Å².